The third-order valence-corrected chi connectivity index (χ3v) is 3.38. The Morgan fingerprint density at radius 1 is 1.28 bits per heavy atom. The first-order valence-corrected chi connectivity index (χ1v) is 6.01. The van der Waals surface area contributed by atoms with Crippen LogP contribution >= 0.6 is 0 Å². The summed E-state index contributed by atoms with van der Waals surface area (Å²) in [5.74, 6) is -0.203. The molecule has 0 radical (unpaired) electrons. The molecule has 2 saturated heterocycles. The minimum atomic E-state index is -0.335. The highest BCUT2D eigenvalue weighted by molar-refractivity contribution is 6.04. The molecule has 1 N–H and O–H groups in total. The Morgan fingerprint density at radius 2 is 2.06 bits per heavy atom. The molecule has 3 rings (SSSR count). The second kappa shape index (κ2) is 4.42. The molecule has 5 heteroatoms. The van der Waals surface area contributed by atoms with Crippen molar-refractivity contribution in [3.05, 3.63) is 35.9 Å². The van der Waals surface area contributed by atoms with Gasteiger partial charge in [-0.15, -0.1) is 0 Å². The summed E-state index contributed by atoms with van der Waals surface area (Å²) in [6.45, 7) is 1.01. The summed E-state index contributed by atoms with van der Waals surface area (Å²) in [7, 11) is 0. The Hall–Kier alpha value is -1.88. The fourth-order valence-electron chi connectivity index (χ4n) is 2.44. The highest BCUT2D eigenvalue weighted by Crippen LogP contribution is 2.24. The van der Waals surface area contributed by atoms with E-state index in [1.807, 2.05) is 30.3 Å². The lowest BCUT2D eigenvalue weighted by atomic mass is 10.2. The first-order valence-electron chi connectivity index (χ1n) is 6.01. The summed E-state index contributed by atoms with van der Waals surface area (Å²) in [5.41, 5.74) is 1.10. The third kappa shape index (κ3) is 1.97. The smallest absolute Gasteiger partial charge is 0.324 e. The third-order valence-electron chi connectivity index (χ3n) is 3.38. The van der Waals surface area contributed by atoms with Crippen LogP contribution in [-0.4, -0.2) is 35.5 Å². The summed E-state index contributed by atoms with van der Waals surface area (Å²) in [6, 6.07) is 9.24. The molecule has 5 nitrogen and oxygen atoms in total. The Labute approximate surface area is 105 Å². The monoisotopic (exact) mass is 246 g/mol. The second-order valence-electron chi connectivity index (χ2n) is 4.62. The highest BCUT2D eigenvalue weighted by Gasteiger charge is 2.45. The molecule has 0 spiro atoms. The zero-order valence-electron chi connectivity index (χ0n) is 9.83. The van der Waals surface area contributed by atoms with Gasteiger partial charge in [-0.2, -0.15) is 0 Å². The van der Waals surface area contributed by atoms with Crippen molar-refractivity contribution in [1.29, 1.82) is 0 Å². The predicted molar refractivity (Wildman–Crippen MR) is 63.7 cm³/mol. The Balaban J connectivity index is 1.57. The molecule has 3 amide bonds. The van der Waals surface area contributed by atoms with Crippen molar-refractivity contribution in [3.8, 4) is 0 Å². The molecule has 94 valence electrons. The average Bonchev–Trinajstić information content (AvgIpc) is 2.91. The quantitative estimate of drug-likeness (QED) is 0.806. The van der Waals surface area contributed by atoms with E-state index in [4.69, 9.17) is 4.74 Å². The van der Waals surface area contributed by atoms with Crippen molar-refractivity contribution in [1.82, 2.24) is 10.2 Å². The molecule has 2 atom stereocenters. The molecule has 1 aromatic rings. The standard InChI is InChI=1S/C13H14N2O3/c16-12-11-6-10(7-15(11)13(17)14-12)18-8-9-4-2-1-3-5-9/h1-5,10-11H,6-8H2,(H,14,16,17)/t10-,11+/m1/s1. The number of ether oxygens (including phenoxy) is 1. The maximum atomic E-state index is 11.5. The maximum absolute atomic E-state index is 11.5. The van der Waals surface area contributed by atoms with Gasteiger partial charge in [-0.3, -0.25) is 10.1 Å². The number of rotatable bonds is 3. The van der Waals surface area contributed by atoms with Crippen LogP contribution in [0.5, 0.6) is 0 Å². The zero-order valence-corrected chi connectivity index (χ0v) is 9.83. The molecule has 0 aliphatic carbocycles. The minimum absolute atomic E-state index is 0.0507. The number of amides is 3. The fourth-order valence-corrected chi connectivity index (χ4v) is 2.44. The van der Waals surface area contributed by atoms with Crippen LogP contribution < -0.4 is 5.32 Å². The molecule has 2 heterocycles. The molecule has 0 bridgehead atoms. The van der Waals surface area contributed by atoms with Gasteiger partial charge in [-0.05, 0) is 5.56 Å². The number of imide groups is 1. The number of nitrogens with zero attached hydrogens (tertiary/aromatic N) is 1. The normalized spacial score (nSPS) is 26.3. The summed E-state index contributed by atoms with van der Waals surface area (Å²) < 4.78 is 5.75. The van der Waals surface area contributed by atoms with Crippen LogP contribution in [0.4, 0.5) is 4.79 Å². The number of fused-ring (bicyclic) bond motifs is 1. The molecule has 2 fully saturated rings. The van der Waals surface area contributed by atoms with Crippen molar-refractivity contribution in [2.75, 3.05) is 6.54 Å². The molecule has 1 aromatic carbocycles. The van der Waals surface area contributed by atoms with Crippen LogP contribution in [0.25, 0.3) is 0 Å². The number of hydrogen-bond acceptors (Lipinski definition) is 3. The van der Waals surface area contributed by atoms with Gasteiger partial charge in [-0.1, -0.05) is 30.3 Å². The topological polar surface area (TPSA) is 58.6 Å². The van der Waals surface area contributed by atoms with Gasteiger partial charge in [0.25, 0.3) is 5.91 Å². The highest BCUT2D eigenvalue weighted by atomic mass is 16.5. The Kier molecular flexibility index (Phi) is 2.76. The zero-order chi connectivity index (χ0) is 12.5. The van der Waals surface area contributed by atoms with Crippen LogP contribution in [0.3, 0.4) is 0 Å². The number of carbonyl (C=O) groups excluding carboxylic acids is 2. The molecule has 18 heavy (non-hydrogen) atoms. The van der Waals surface area contributed by atoms with Crippen LogP contribution in [-0.2, 0) is 16.1 Å². The first kappa shape index (κ1) is 11.2. The van der Waals surface area contributed by atoms with Crippen molar-refractivity contribution in [2.45, 2.75) is 25.2 Å². The summed E-state index contributed by atoms with van der Waals surface area (Å²) >= 11 is 0. The van der Waals surface area contributed by atoms with Gasteiger partial charge in [-0.25, -0.2) is 4.79 Å². The number of benzene rings is 1. The van der Waals surface area contributed by atoms with E-state index in [2.05, 4.69) is 5.32 Å². The number of urea groups is 1. The Morgan fingerprint density at radius 3 is 2.78 bits per heavy atom. The summed E-state index contributed by atoms with van der Waals surface area (Å²) in [5, 5.41) is 2.31. The van der Waals surface area contributed by atoms with E-state index in [0.29, 0.717) is 19.6 Å². The molecule has 0 saturated carbocycles. The largest absolute Gasteiger partial charge is 0.372 e. The Bertz CT molecular complexity index is 452. The molecule has 0 unspecified atom stereocenters. The molecular formula is C13H14N2O3. The van der Waals surface area contributed by atoms with E-state index in [-0.39, 0.29) is 24.1 Å². The lowest BCUT2D eigenvalue weighted by molar-refractivity contribution is -0.121. The van der Waals surface area contributed by atoms with Gasteiger partial charge in [0.2, 0.25) is 0 Å². The lowest BCUT2D eigenvalue weighted by Gasteiger charge is -2.13. The van der Waals surface area contributed by atoms with Crippen LogP contribution in [0.15, 0.2) is 30.3 Å². The predicted octanol–water partition coefficient (Wildman–Crippen LogP) is 0.896. The van der Waals surface area contributed by atoms with Gasteiger partial charge in [0.15, 0.2) is 0 Å². The van der Waals surface area contributed by atoms with Gasteiger partial charge < -0.3 is 9.64 Å². The SMILES string of the molecule is O=C1NC(=O)N2C[C@H](OCc3ccccc3)C[C@@H]12. The van der Waals surface area contributed by atoms with Gasteiger partial charge in [0.1, 0.15) is 6.04 Å². The van der Waals surface area contributed by atoms with Crippen molar-refractivity contribution >= 4 is 11.9 Å². The maximum Gasteiger partial charge on any atom is 0.324 e. The number of hydrogen-bond donors (Lipinski definition) is 1. The molecule has 2 aliphatic rings. The van der Waals surface area contributed by atoms with E-state index >= 15 is 0 Å². The summed E-state index contributed by atoms with van der Waals surface area (Å²) in [4.78, 5) is 24.4. The average molecular weight is 246 g/mol. The van der Waals surface area contributed by atoms with E-state index in [1.54, 1.807) is 4.90 Å². The van der Waals surface area contributed by atoms with Crippen LogP contribution in [0.2, 0.25) is 0 Å². The van der Waals surface area contributed by atoms with Crippen molar-refractivity contribution in [2.24, 2.45) is 0 Å². The van der Waals surface area contributed by atoms with Crippen LogP contribution in [0.1, 0.15) is 12.0 Å². The van der Waals surface area contributed by atoms with Crippen molar-refractivity contribution < 1.29 is 14.3 Å². The van der Waals surface area contributed by atoms with E-state index in [9.17, 15) is 9.59 Å². The summed E-state index contributed by atoms with van der Waals surface area (Å²) in [6.07, 6.45) is 0.537. The second-order valence-corrected chi connectivity index (χ2v) is 4.62. The molecular weight excluding hydrogens is 232 g/mol. The van der Waals surface area contributed by atoms with Gasteiger partial charge in [0.05, 0.1) is 12.7 Å². The molecule has 2 aliphatic heterocycles. The van der Waals surface area contributed by atoms with Crippen LogP contribution in [0, 0.1) is 0 Å². The first-order chi connectivity index (χ1) is 8.74. The number of nitrogens with one attached hydrogen (secondary N) is 1. The van der Waals surface area contributed by atoms with E-state index in [0.717, 1.165) is 5.56 Å². The minimum Gasteiger partial charge on any atom is -0.372 e. The lowest BCUT2D eigenvalue weighted by Crippen LogP contribution is -2.31. The van der Waals surface area contributed by atoms with Crippen molar-refractivity contribution in [3.63, 3.8) is 0 Å². The number of carbonyl (C=O) groups is 2. The van der Waals surface area contributed by atoms with Gasteiger partial charge >= 0.3 is 6.03 Å². The van der Waals surface area contributed by atoms with E-state index < -0.39 is 0 Å². The van der Waals surface area contributed by atoms with Gasteiger partial charge in [0, 0.05) is 13.0 Å². The van der Waals surface area contributed by atoms with E-state index in [1.165, 1.54) is 0 Å². The molecule has 0 aromatic heterocycles. The fraction of sp³-hybridized carbons (Fsp3) is 0.385.